The first-order valence-corrected chi connectivity index (χ1v) is 11.4. The number of piperidine rings is 1. The van der Waals surface area contributed by atoms with Gasteiger partial charge in [0.05, 0.1) is 13.0 Å². The lowest BCUT2D eigenvalue weighted by Gasteiger charge is -2.27. The molecule has 0 spiro atoms. The first-order valence-electron chi connectivity index (χ1n) is 9.10. The highest BCUT2D eigenvalue weighted by Crippen LogP contribution is 2.31. The molecule has 0 bridgehead atoms. The van der Waals surface area contributed by atoms with E-state index in [1.807, 2.05) is 24.4 Å². The van der Waals surface area contributed by atoms with Gasteiger partial charge in [-0.1, -0.05) is 12.5 Å². The van der Waals surface area contributed by atoms with Gasteiger partial charge in [0, 0.05) is 23.7 Å². The topological polar surface area (TPSA) is 75.7 Å². The molecule has 0 atom stereocenters. The molecule has 2 heterocycles. The predicted octanol–water partition coefficient (Wildman–Crippen LogP) is 3.50. The Morgan fingerprint density at radius 1 is 1.22 bits per heavy atom. The maximum atomic E-state index is 13.1. The molecule has 1 aromatic heterocycles. The molecule has 1 saturated heterocycles. The molecule has 3 rings (SSSR count). The fourth-order valence-corrected chi connectivity index (χ4v) is 5.46. The molecule has 0 saturated carbocycles. The number of ether oxygens (including phenoxy) is 1. The number of nitrogens with one attached hydrogen (secondary N) is 1. The van der Waals surface area contributed by atoms with E-state index in [2.05, 4.69) is 5.32 Å². The third-order valence-electron chi connectivity index (χ3n) is 4.38. The lowest BCUT2D eigenvalue weighted by atomic mass is 10.2. The summed E-state index contributed by atoms with van der Waals surface area (Å²) in [6.45, 7) is 3.21. The summed E-state index contributed by atoms with van der Waals surface area (Å²) in [5.41, 5.74) is 0.454. The number of thiophene rings is 1. The molecule has 27 heavy (non-hydrogen) atoms. The Bertz CT molecular complexity index is 873. The van der Waals surface area contributed by atoms with Crippen LogP contribution >= 0.6 is 11.3 Å². The Labute approximate surface area is 164 Å². The van der Waals surface area contributed by atoms with Gasteiger partial charge in [0.15, 0.2) is 0 Å². The Morgan fingerprint density at radius 2 is 2.00 bits per heavy atom. The largest absolute Gasteiger partial charge is 0.492 e. The van der Waals surface area contributed by atoms with E-state index in [0.717, 1.165) is 24.1 Å². The second-order valence-electron chi connectivity index (χ2n) is 6.36. The van der Waals surface area contributed by atoms with Crippen LogP contribution in [-0.2, 0) is 21.2 Å². The van der Waals surface area contributed by atoms with Gasteiger partial charge in [-0.3, -0.25) is 4.79 Å². The molecule has 0 radical (unpaired) electrons. The third kappa shape index (κ3) is 4.88. The highest BCUT2D eigenvalue weighted by atomic mass is 32.2. The van der Waals surface area contributed by atoms with Gasteiger partial charge in [0.2, 0.25) is 15.9 Å². The zero-order chi connectivity index (χ0) is 19.3. The average Bonchev–Trinajstić information content (AvgIpc) is 3.16. The molecule has 1 aliphatic rings. The highest BCUT2D eigenvalue weighted by molar-refractivity contribution is 7.89. The minimum atomic E-state index is -3.66. The number of benzene rings is 1. The van der Waals surface area contributed by atoms with Crippen LogP contribution in [-0.4, -0.2) is 38.3 Å². The zero-order valence-corrected chi connectivity index (χ0v) is 16.9. The van der Waals surface area contributed by atoms with E-state index in [1.165, 1.54) is 21.7 Å². The van der Waals surface area contributed by atoms with Crippen molar-refractivity contribution in [2.75, 3.05) is 25.0 Å². The van der Waals surface area contributed by atoms with Crippen molar-refractivity contribution in [1.82, 2.24) is 4.31 Å². The number of amides is 1. The Morgan fingerprint density at radius 3 is 2.67 bits per heavy atom. The van der Waals surface area contributed by atoms with E-state index in [4.69, 9.17) is 4.74 Å². The lowest BCUT2D eigenvalue weighted by molar-refractivity contribution is -0.115. The van der Waals surface area contributed by atoms with Crippen LogP contribution in [0.1, 0.15) is 31.1 Å². The number of hydrogen-bond acceptors (Lipinski definition) is 5. The fourth-order valence-electron chi connectivity index (χ4n) is 3.08. The van der Waals surface area contributed by atoms with Gasteiger partial charge in [-0.15, -0.1) is 11.3 Å². The Balaban J connectivity index is 1.84. The summed E-state index contributed by atoms with van der Waals surface area (Å²) in [5, 5.41) is 4.71. The van der Waals surface area contributed by atoms with E-state index in [9.17, 15) is 13.2 Å². The molecule has 1 aliphatic heterocycles. The number of sulfonamides is 1. The summed E-state index contributed by atoms with van der Waals surface area (Å²) >= 11 is 1.51. The molecule has 6 nitrogen and oxygen atoms in total. The molecule has 1 aromatic carbocycles. The van der Waals surface area contributed by atoms with Crippen molar-refractivity contribution < 1.29 is 17.9 Å². The molecule has 1 N–H and O–H groups in total. The SMILES string of the molecule is CCOc1ccc(NC(=O)Cc2cccs2)cc1S(=O)(=O)N1CCCCC1. The molecule has 146 valence electrons. The monoisotopic (exact) mass is 408 g/mol. The van der Waals surface area contributed by atoms with E-state index in [-0.39, 0.29) is 17.2 Å². The van der Waals surface area contributed by atoms with Gasteiger partial charge in [0.25, 0.3) is 0 Å². The van der Waals surface area contributed by atoms with Crippen molar-refractivity contribution in [2.45, 2.75) is 37.5 Å². The van der Waals surface area contributed by atoms with Crippen molar-refractivity contribution in [3.05, 3.63) is 40.6 Å². The minimum absolute atomic E-state index is 0.111. The minimum Gasteiger partial charge on any atom is -0.492 e. The predicted molar refractivity (Wildman–Crippen MR) is 107 cm³/mol. The molecule has 1 fully saturated rings. The van der Waals surface area contributed by atoms with Gasteiger partial charge >= 0.3 is 0 Å². The molecular formula is C19H24N2O4S2. The summed E-state index contributed by atoms with van der Waals surface area (Å²) in [4.78, 5) is 13.3. The van der Waals surface area contributed by atoms with Crippen molar-refractivity contribution in [3.8, 4) is 5.75 Å². The van der Waals surface area contributed by atoms with Gasteiger partial charge < -0.3 is 10.1 Å². The second-order valence-corrected chi connectivity index (χ2v) is 9.30. The average molecular weight is 409 g/mol. The molecule has 8 heteroatoms. The number of carbonyl (C=O) groups excluding carboxylic acids is 1. The van der Waals surface area contributed by atoms with E-state index in [1.54, 1.807) is 12.1 Å². The summed E-state index contributed by atoms with van der Waals surface area (Å²) in [6.07, 6.45) is 3.03. The first kappa shape index (κ1) is 19.9. The van der Waals surface area contributed by atoms with Gasteiger partial charge in [-0.05, 0) is 49.4 Å². The standard InChI is InChI=1S/C19H24N2O4S2/c1-2-25-17-9-8-15(20-19(22)14-16-7-6-12-26-16)13-18(17)27(23,24)21-10-4-3-5-11-21/h6-9,12-13H,2-5,10-11,14H2,1H3,(H,20,22). The van der Waals surface area contributed by atoms with Crippen molar-refractivity contribution in [3.63, 3.8) is 0 Å². The van der Waals surface area contributed by atoms with E-state index >= 15 is 0 Å². The summed E-state index contributed by atoms with van der Waals surface area (Å²) in [5.74, 6) is 0.141. The molecule has 2 aromatic rings. The van der Waals surface area contributed by atoms with Crippen LogP contribution in [0, 0.1) is 0 Å². The van der Waals surface area contributed by atoms with E-state index in [0.29, 0.717) is 31.1 Å². The van der Waals surface area contributed by atoms with Crippen molar-refractivity contribution in [1.29, 1.82) is 0 Å². The van der Waals surface area contributed by atoms with Gasteiger partial charge in [0.1, 0.15) is 10.6 Å². The van der Waals surface area contributed by atoms with Crippen molar-refractivity contribution >= 4 is 33.0 Å². The van der Waals surface area contributed by atoms with Gasteiger partial charge in [-0.25, -0.2) is 8.42 Å². The summed E-state index contributed by atoms with van der Waals surface area (Å²) in [7, 11) is -3.66. The number of nitrogens with zero attached hydrogens (tertiary/aromatic N) is 1. The van der Waals surface area contributed by atoms with Crippen LogP contribution in [0.4, 0.5) is 5.69 Å². The maximum absolute atomic E-state index is 13.1. The van der Waals surface area contributed by atoms with Crippen LogP contribution in [0.25, 0.3) is 0 Å². The molecule has 0 aliphatic carbocycles. The van der Waals surface area contributed by atoms with Crippen molar-refractivity contribution in [2.24, 2.45) is 0 Å². The number of anilines is 1. The van der Waals surface area contributed by atoms with Crippen LogP contribution in [0.15, 0.2) is 40.6 Å². The Kier molecular flexibility index (Phi) is 6.51. The summed E-state index contributed by atoms with van der Waals surface area (Å²) in [6, 6.07) is 8.58. The highest BCUT2D eigenvalue weighted by Gasteiger charge is 2.29. The Hall–Kier alpha value is -1.90. The first-order chi connectivity index (χ1) is 13.0. The number of carbonyl (C=O) groups is 1. The smallest absolute Gasteiger partial charge is 0.246 e. The molecule has 0 unspecified atom stereocenters. The lowest BCUT2D eigenvalue weighted by Crippen LogP contribution is -2.35. The van der Waals surface area contributed by atoms with Crippen LogP contribution in [0.2, 0.25) is 0 Å². The van der Waals surface area contributed by atoms with E-state index < -0.39 is 10.0 Å². The normalized spacial score (nSPS) is 15.4. The zero-order valence-electron chi connectivity index (χ0n) is 15.3. The quantitative estimate of drug-likeness (QED) is 0.761. The number of hydrogen-bond donors (Lipinski definition) is 1. The number of rotatable bonds is 7. The molecule has 1 amide bonds. The van der Waals surface area contributed by atoms with Crippen LogP contribution in [0.5, 0.6) is 5.75 Å². The second kappa shape index (κ2) is 8.86. The van der Waals surface area contributed by atoms with Crippen LogP contribution in [0.3, 0.4) is 0 Å². The fraction of sp³-hybridized carbons (Fsp3) is 0.421. The molecular weight excluding hydrogens is 384 g/mol. The van der Waals surface area contributed by atoms with Crippen LogP contribution < -0.4 is 10.1 Å². The summed E-state index contributed by atoms with van der Waals surface area (Å²) < 4.78 is 33.3. The maximum Gasteiger partial charge on any atom is 0.246 e. The third-order valence-corrected chi connectivity index (χ3v) is 7.17. The van der Waals surface area contributed by atoms with Gasteiger partial charge in [-0.2, -0.15) is 4.31 Å².